The number of rotatable bonds is 4. The molecule has 1 aromatic carbocycles. The molecule has 0 bridgehead atoms. The lowest BCUT2D eigenvalue weighted by Crippen LogP contribution is -2.15. The van der Waals surface area contributed by atoms with E-state index in [0.717, 1.165) is 11.3 Å². The van der Waals surface area contributed by atoms with Crippen molar-refractivity contribution in [3.63, 3.8) is 0 Å². The first kappa shape index (κ1) is 11.3. The molecule has 0 unspecified atom stereocenters. The number of benzene rings is 1. The zero-order chi connectivity index (χ0) is 12.1. The Morgan fingerprint density at radius 3 is 2.88 bits per heavy atom. The third-order valence-corrected chi connectivity index (χ3v) is 2.30. The second kappa shape index (κ2) is 5.27. The Hall–Kier alpha value is -2.14. The number of anilines is 1. The molecule has 0 saturated heterocycles. The number of amides is 1. The number of carbonyl (C=O) groups excluding carboxylic acids is 1. The summed E-state index contributed by atoms with van der Waals surface area (Å²) in [5.74, 6) is -0.276. The fourth-order valence-corrected chi connectivity index (χ4v) is 1.50. The van der Waals surface area contributed by atoms with E-state index in [1.807, 2.05) is 31.3 Å². The monoisotopic (exact) mass is 231 g/mol. The molecule has 0 aliphatic carbocycles. The van der Waals surface area contributed by atoms with Gasteiger partial charge >= 0.3 is 0 Å². The normalized spacial score (nSPS) is 10.2. The van der Waals surface area contributed by atoms with E-state index in [9.17, 15) is 4.79 Å². The topological polar surface area (TPSA) is 67.2 Å². The first-order chi connectivity index (χ1) is 8.31. The van der Waals surface area contributed by atoms with Crippen molar-refractivity contribution in [1.82, 2.24) is 10.5 Å². The van der Waals surface area contributed by atoms with Gasteiger partial charge < -0.3 is 15.2 Å². The summed E-state index contributed by atoms with van der Waals surface area (Å²) in [4.78, 5) is 11.8. The van der Waals surface area contributed by atoms with E-state index >= 15 is 0 Å². The summed E-state index contributed by atoms with van der Waals surface area (Å²) in [7, 11) is 1.86. The molecule has 1 amide bonds. The van der Waals surface area contributed by atoms with E-state index in [1.165, 1.54) is 12.3 Å². The van der Waals surface area contributed by atoms with E-state index < -0.39 is 0 Å². The molecule has 17 heavy (non-hydrogen) atoms. The summed E-state index contributed by atoms with van der Waals surface area (Å²) < 4.78 is 4.63. The Bertz CT molecular complexity index is 494. The lowest BCUT2D eigenvalue weighted by Gasteiger charge is -2.09. The second-order valence-electron chi connectivity index (χ2n) is 3.53. The van der Waals surface area contributed by atoms with Crippen molar-refractivity contribution < 1.29 is 9.32 Å². The Morgan fingerprint density at radius 2 is 2.18 bits per heavy atom. The van der Waals surface area contributed by atoms with Crippen molar-refractivity contribution in [3.05, 3.63) is 47.9 Å². The molecular weight excluding hydrogens is 218 g/mol. The van der Waals surface area contributed by atoms with Crippen LogP contribution in [-0.4, -0.2) is 18.1 Å². The van der Waals surface area contributed by atoms with Gasteiger partial charge in [-0.05, 0) is 18.7 Å². The number of nitrogens with one attached hydrogen (secondary N) is 2. The van der Waals surface area contributed by atoms with Crippen LogP contribution in [0.3, 0.4) is 0 Å². The van der Waals surface area contributed by atoms with Crippen LogP contribution in [-0.2, 0) is 6.54 Å². The van der Waals surface area contributed by atoms with Gasteiger partial charge in [-0.1, -0.05) is 23.4 Å². The van der Waals surface area contributed by atoms with Gasteiger partial charge in [-0.15, -0.1) is 0 Å². The molecule has 0 spiro atoms. The molecule has 5 heteroatoms. The maximum atomic E-state index is 11.8. The minimum Gasteiger partial charge on any atom is -0.364 e. The quantitative estimate of drug-likeness (QED) is 0.839. The molecule has 5 nitrogen and oxygen atoms in total. The predicted molar refractivity (Wildman–Crippen MR) is 63.7 cm³/mol. The Morgan fingerprint density at radius 1 is 1.35 bits per heavy atom. The van der Waals surface area contributed by atoms with Gasteiger partial charge in [0.25, 0.3) is 5.91 Å². The van der Waals surface area contributed by atoms with Gasteiger partial charge in [0.1, 0.15) is 6.26 Å². The zero-order valence-corrected chi connectivity index (χ0v) is 9.43. The van der Waals surface area contributed by atoms with Crippen molar-refractivity contribution in [2.75, 3.05) is 12.4 Å². The highest BCUT2D eigenvalue weighted by Gasteiger charge is 2.10. The van der Waals surface area contributed by atoms with Crippen molar-refractivity contribution in [3.8, 4) is 0 Å². The van der Waals surface area contributed by atoms with Crippen LogP contribution in [0.4, 0.5) is 5.69 Å². The maximum absolute atomic E-state index is 11.8. The number of carbonyl (C=O) groups is 1. The van der Waals surface area contributed by atoms with Gasteiger partial charge in [-0.2, -0.15) is 0 Å². The first-order valence-corrected chi connectivity index (χ1v) is 5.25. The molecule has 0 radical (unpaired) electrons. The molecule has 2 rings (SSSR count). The highest BCUT2D eigenvalue weighted by atomic mass is 16.5. The van der Waals surface area contributed by atoms with Crippen LogP contribution in [0.1, 0.15) is 16.1 Å². The lowest BCUT2D eigenvalue weighted by molar-refractivity contribution is 0.101. The molecular formula is C12H13N3O2. The first-order valence-electron chi connectivity index (χ1n) is 5.25. The van der Waals surface area contributed by atoms with Gasteiger partial charge in [0, 0.05) is 18.3 Å². The maximum Gasteiger partial charge on any atom is 0.277 e. The summed E-state index contributed by atoms with van der Waals surface area (Å²) in [5.41, 5.74) is 2.06. The molecule has 1 aromatic heterocycles. The van der Waals surface area contributed by atoms with Gasteiger partial charge in [0.2, 0.25) is 0 Å². The summed E-state index contributed by atoms with van der Waals surface area (Å²) in [6.07, 6.45) is 1.37. The fourth-order valence-electron chi connectivity index (χ4n) is 1.50. The van der Waals surface area contributed by atoms with E-state index in [1.54, 1.807) is 0 Å². The van der Waals surface area contributed by atoms with Crippen LogP contribution in [0.2, 0.25) is 0 Å². The molecule has 2 N–H and O–H groups in total. The highest BCUT2D eigenvalue weighted by molar-refractivity contribution is 6.03. The minimum absolute atomic E-state index is 0.268. The Labute approximate surface area is 98.8 Å². The summed E-state index contributed by atoms with van der Waals surface area (Å²) in [6, 6.07) is 9.13. The number of hydrogen-bond donors (Lipinski definition) is 2. The molecule has 0 aliphatic heterocycles. The molecule has 1 heterocycles. The van der Waals surface area contributed by atoms with Gasteiger partial charge in [0.05, 0.1) is 0 Å². The minimum atomic E-state index is -0.276. The number of hydrogen-bond acceptors (Lipinski definition) is 4. The third-order valence-electron chi connectivity index (χ3n) is 2.30. The lowest BCUT2D eigenvalue weighted by atomic mass is 10.1. The van der Waals surface area contributed by atoms with Crippen LogP contribution in [0.15, 0.2) is 41.1 Å². The van der Waals surface area contributed by atoms with Crippen LogP contribution in [0, 0.1) is 0 Å². The second-order valence-corrected chi connectivity index (χ2v) is 3.53. The average molecular weight is 231 g/mol. The molecule has 0 fully saturated rings. The average Bonchev–Trinajstić information content (AvgIpc) is 2.85. The summed E-state index contributed by atoms with van der Waals surface area (Å²) in [6.45, 7) is 0.690. The van der Waals surface area contributed by atoms with Crippen LogP contribution in [0.25, 0.3) is 0 Å². The predicted octanol–water partition coefficient (Wildman–Crippen LogP) is 1.65. The zero-order valence-electron chi connectivity index (χ0n) is 9.43. The van der Waals surface area contributed by atoms with Crippen LogP contribution in [0.5, 0.6) is 0 Å². The molecule has 0 atom stereocenters. The molecule has 0 saturated carbocycles. The smallest absolute Gasteiger partial charge is 0.277 e. The molecule has 88 valence electrons. The van der Waals surface area contributed by atoms with E-state index in [-0.39, 0.29) is 11.6 Å². The standard InChI is InChI=1S/C12H13N3O2/c1-13-8-9-4-2-3-5-10(9)14-12(16)11-6-7-17-15-11/h2-7,13H,8H2,1H3,(H,14,16). The highest BCUT2D eigenvalue weighted by Crippen LogP contribution is 2.15. The molecule has 0 aliphatic rings. The van der Waals surface area contributed by atoms with Crippen LogP contribution >= 0.6 is 0 Å². The van der Waals surface area contributed by atoms with E-state index in [0.29, 0.717) is 6.54 Å². The van der Waals surface area contributed by atoms with Crippen molar-refractivity contribution >= 4 is 11.6 Å². The van der Waals surface area contributed by atoms with Gasteiger partial charge in [-0.25, -0.2) is 0 Å². The summed E-state index contributed by atoms with van der Waals surface area (Å²) >= 11 is 0. The van der Waals surface area contributed by atoms with Crippen molar-refractivity contribution in [1.29, 1.82) is 0 Å². The van der Waals surface area contributed by atoms with Crippen molar-refractivity contribution in [2.24, 2.45) is 0 Å². The van der Waals surface area contributed by atoms with Gasteiger partial charge in [-0.3, -0.25) is 4.79 Å². The largest absolute Gasteiger partial charge is 0.364 e. The Balaban J connectivity index is 2.15. The van der Waals surface area contributed by atoms with Crippen molar-refractivity contribution in [2.45, 2.75) is 6.54 Å². The van der Waals surface area contributed by atoms with Crippen LogP contribution < -0.4 is 10.6 Å². The van der Waals surface area contributed by atoms with E-state index in [2.05, 4.69) is 20.3 Å². The number of nitrogens with zero attached hydrogens (tertiary/aromatic N) is 1. The third kappa shape index (κ3) is 2.70. The van der Waals surface area contributed by atoms with Gasteiger partial charge in [0.15, 0.2) is 5.69 Å². The van der Waals surface area contributed by atoms with E-state index in [4.69, 9.17) is 0 Å². The number of aromatic nitrogens is 1. The fraction of sp³-hybridized carbons (Fsp3) is 0.167. The number of para-hydroxylation sites is 1. The molecule has 2 aromatic rings. The SMILES string of the molecule is CNCc1ccccc1NC(=O)c1ccon1. The summed E-state index contributed by atoms with van der Waals surface area (Å²) in [5, 5.41) is 9.43. The Kier molecular flexibility index (Phi) is 3.52.